The summed E-state index contributed by atoms with van der Waals surface area (Å²) in [5, 5.41) is 0. The number of ether oxygens (including phenoxy) is 1. The van der Waals surface area contributed by atoms with Gasteiger partial charge >= 0.3 is 5.97 Å². The van der Waals surface area contributed by atoms with Gasteiger partial charge in [0.1, 0.15) is 6.54 Å². The number of esters is 1. The molecule has 1 aromatic heterocycles. The summed E-state index contributed by atoms with van der Waals surface area (Å²) in [5.74, 6) is -1.40. The van der Waals surface area contributed by atoms with Crippen LogP contribution in [0, 0.1) is 0 Å². The summed E-state index contributed by atoms with van der Waals surface area (Å²) in [5.41, 5.74) is 0.570. The lowest BCUT2D eigenvalue weighted by Gasteiger charge is -2.05. The van der Waals surface area contributed by atoms with Gasteiger partial charge in [0.25, 0.3) is 5.91 Å². The van der Waals surface area contributed by atoms with Gasteiger partial charge in [0.15, 0.2) is 24.5 Å². The zero-order valence-electron chi connectivity index (χ0n) is 17.4. The molecule has 0 saturated carbocycles. The minimum absolute atomic E-state index is 0.0117. The van der Waals surface area contributed by atoms with Crippen molar-refractivity contribution in [3.63, 3.8) is 0 Å². The second-order valence-electron chi connectivity index (χ2n) is 6.80. The van der Waals surface area contributed by atoms with Gasteiger partial charge in [0.05, 0.1) is 32.9 Å². The summed E-state index contributed by atoms with van der Waals surface area (Å²) in [7, 11) is -5.75. The molecular weight excluding hydrogens is 476 g/mol. The molecule has 0 N–H and O–H groups in total. The van der Waals surface area contributed by atoms with E-state index in [-0.39, 0.29) is 32.5 Å². The standard InChI is InChI=1S/C20H20N2O7S3/c1-4-32(27,28)15-7-5-6-13(10-15)19(24)21-20-22(12-18(23)29-2)16-9-8-14(31(3,25)26)11-17(16)30-20/h5-11H,4,12H2,1-3H3. The van der Waals surface area contributed by atoms with Crippen LogP contribution in [-0.2, 0) is 35.8 Å². The number of methoxy groups -OCH3 is 1. The Balaban J connectivity index is 2.18. The van der Waals surface area contributed by atoms with Gasteiger partial charge in [-0.2, -0.15) is 4.99 Å². The Hall–Kier alpha value is -2.83. The van der Waals surface area contributed by atoms with Gasteiger partial charge < -0.3 is 9.30 Å². The van der Waals surface area contributed by atoms with E-state index in [1.807, 2.05) is 0 Å². The molecule has 0 radical (unpaired) electrons. The van der Waals surface area contributed by atoms with Gasteiger partial charge in [-0.15, -0.1) is 0 Å². The minimum Gasteiger partial charge on any atom is -0.468 e. The van der Waals surface area contributed by atoms with Crippen LogP contribution in [0.25, 0.3) is 10.2 Å². The largest absolute Gasteiger partial charge is 0.468 e. The number of carbonyl (C=O) groups excluding carboxylic acids is 2. The summed E-state index contributed by atoms with van der Waals surface area (Å²) >= 11 is 1.03. The Morgan fingerprint density at radius 1 is 1.06 bits per heavy atom. The molecule has 0 aliphatic heterocycles. The molecule has 0 bridgehead atoms. The second kappa shape index (κ2) is 8.96. The molecule has 12 heteroatoms. The first-order chi connectivity index (χ1) is 15.0. The Bertz CT molecular complexity index is 1500. The lowest BCUT2D eigenvalue weighted by atomic mass is 10.2. The van der Waals surface area contributed by atoms with Crippen molar-refractivity contribution in [3.8, 4) is 0 Å². The third-order valence-corrected chi connectivity index (χ3v) is 8.50. The van der Waals surface area contributed by atoms with Crippen LogP contribution < -0.4 is 4.80 Å². The SMILES string of the molecule is CCS(=O)(=O)c1cccc(C(=O)N=c2sc3cc(S(C)(=O)=O)ccc3n2CC(=O)OC)c1. The number of thiazole rings is 1. The van der Waals surface area contributed by atoms with Gasteiger partial charge in [-0.25, -0.2) is 16.8 Å². The number of aromatic nitrogens is 1. The molecule has 0 aliphatic rings. The van der Waals surface area contributed by atoms with Crippen LogP contribution >= 0.6 is 11.3 Å². The number of nitrogens with zero attached hydrogens (tertiary/aromatic N) is 2. The highest BCUT2D eigenvalue weighted by Gasteiger charge is 2.17. The van der Waals surface area contributed by atoms with E-state index in [0.717, 1.165) is 17.6 Å². The van der Waals surface area contributed by atoms with Crippen LogP contribution in [0.5, 0.6) is 0 Å². The molecule has 2 aromatic carbocycles. The lowest BCUT2D eigenvalue weighted by Crippen LogP contribution is -2.22. The van der Waals surface area contributed by atoms with Crippen molar-refractivity contribution in [1.29, 1.82) is 0 Å². The summed E-state index contributed by atoms with van der Waals surface area (Å²) in [6, 6.07) is 9.94. The molecular formula is C20H20N2O7S3. The molecule has 1 amide bonds. The Morgan fingerprint density at radius 3 is 2.41 bits per heavy atom. The van der Waals surface area contributed by atoms with Crippen molar-refractivity contribution < 1.29 is 31.2 Å². The molecule has 0 spiro atoms. The van der Waals surface area contributed by atoms with Gasteiger partial charge in [0, 0.05) is 11.8 Å². The maximum absolute atomic E-state index is 12.8. The molecule has 32 heavy (non-hydrogen) atoms. The van der Waals surface area contributed by atoms with E-state index >= 15 is 0 Å². The van der Waals surface area contributed by atoms with Crippen LogP contribution in [0.2, 0.25) is 0 Å². The smallest absolute Gasteiger partial charge is 0.325 e. The van der Waals surface area contributed by atoms with Crippen molar-refractivity contribution in [2.75, 3.05) is 19.1 Å². The van der Waals surface area contributed by atoms with E-state index in [0.29, 0.717) is 10.2 Å². The van der Waals surface area contributed by atoms with Crippen LogP contribution in [0.15, 0.2) is 57.2 Å². The Morgan fingerprint density at radius 2 is 1.78 bits per heavy atom. The monoisotopic (exact) mass is 496 g/mol. The zero-order valence-corrected chi connectivity index (χ0v) is 19.9. The van der Waals surface area contributed by atoms with Gasteiger partial charge in [-0.05, 0) is 36.4 Å². The highest BCUT2D eigenvalue weighted by Crippen LogP contribution is 2.22. The van der Waals surface area contributed by atoms with E-state index in [1.54, 1.807) is 0 Å². The summed E-state index contributed by atoms with van der Waals surface area (Å²) in [4.78, 5) is 29.1. The fourth-order valence-electron chi connectivity index (χ4n) is 2.86. The average molecular weight is 497 g/mol. The van der Waals surface area contributed by atoms with Crippen molar-refractivity contribution >= 4 is 53.1 Å². The van der Waals surface area contributed by atoms with E-state index in [2.05, 4.69) is 4.99 Å². The van der Waals surface area contributed by atoms with Crippen molar-refractivity contribution in [2.45, 2.75) is 23.3 Å². The number of hydrogen-bond acceptors (Lipinski definition) is 8. The molecule has 9 nitrogen and oxygen atoms in total. The molecule has 170 valence electrons. The average Bonchev–Trinajstić information content (AvgIpc) is 3.09. The number of amides is 1. The van der Waals surface area contributed by atoms with Gasteiger partial charge in [0.2, 0.25) is 0 Å². The molecule has 0 atom stereocenters. The fraction of sp³-hybridized carbons (Fsp3) is 0.250. The van der Waals surface area contributed by atoms with E-state index < -0.39 is 31.6 Å². The number of sulfone groups is 2. The highest BCUT2D eigenvalue weighted by atomic mass is 32.2. The molecule has 0 unspecified atom stereocenters. The summed E-state index contributed by atoms with van der Waals surface area (Å²) in [6.45, 7) is 1.26. The van der Waals surface area contributed by atoms with Crippen LogP contribution in [0.4, 0.5) is 0 Å². The van der Waals surface area contributed by atoms with Gasteiger partial charge in [-0.3, -0.25) is 9.59 Å². The van der Waals surface area contributed by atoms with Crippen molar-refractivity contribution in [2.24, 2.45) is 4.99 Å². The van der Waals surface area contributed by atoms with Gasteiger partial charge in [-0.1, -0.05) is 24.3 Å². The topological polar surface area (TPSA) is 129 Å². The van der Waals surface area contributed by atoms with Crippen molar-refractivity contribution in [3.05, 3.63) is 52.8 Å². The highest BCUT2D eigenvalue weighted by molar-refractivity contribution is 7.91. The molecule has 0 saturated heterocycles. The number of benzene rings is 2. The number of rotatable bonds is 6. The molecule has 3 aromatic rings. The number of hydrogen-bond donors (Lipinski definition) is 0. The lowest BCUT2D eigenvalue weighted by molar-refractivity contribution is -0.141. The van der Waals surface area contributed by atoms with E-state index in [4.69, 9.17) is 4.74 Å². The quantitative estimate of drug-likeness (QED) is 0.476. The summed E-state index contributed by atoms with van der Waals surface area (Å²) in [6.07, 6.45) is 1.08. The summed E-state index contributed by atoms with van der Waals surface area (Å²) < 4.78 is 54.7. The third kappa shape index (κ3) is 4.97. The van der Waals surface area contributed by atoms with Crippen LogP contribution in [0.3, 0.4) is 0 Å². The predicted octanol–water partition coefficient (Wildman–Crippen LogP) is 1.81. The molecule has 3 rings (SSSR count). The Kier molecular flexibility index (Phi) is 6.67. The normalized spacial score (nSPS) is 12.8. The fourth-order valence-corrected chi connectivity index (χ4v) is 5.57. The first-order valence-electron chi connectivity index (χ1n) is 9.28. The second-order valence-corrected chi connectivity index (χ2v) is 12.1. The van der Waals surface area contributed by atoms with E-state index in [9.17, 15) is 26.4 Å². The van der Waals surface area contributed by atoms with Crippen LogP contribution in [-0.4, -0.2) is 52.4 Å². The van der Waals surface area contributed by atoms with Crippen LogP contribution in [0.1, 0.15) is 17.3 Å². The first-order valence-corrected chi connectivity index (χ1v) is 13.6. The number of carbonyl (C=O) groups is 2. The molecule has 0 fully saturated rings. The maximum Gasteiger partial charge on any atom is 0.325 e. The molecule has 0 aliphatic carbocycles. The zero-order chi connectivity index (χ0) is 23.7. The molecule has 1 heterocycles. The van der Waals surface area contributed by atoms with Crippen molar-refractivity contribution in [1.82, 2.24) is 4.57 Å². The minimum atomic E-state index is -3.51. The number of fused-ring (bicyclic) bond motifs is 1. The predicted molar refractivity (Wildman–Crippen MR) is 119 cm³/mol. The Labute approximate surface area is 188 Å². The third-order valence-electron chi connectivity index (χ3n) is 4.61. The van der Waals surface area contributed by atoms with E-state index in [1.165, 1.54) is 61.1 Å². The maximum atomic E-state index is 12.8. The first kappa shape index (κ1) is 23.8.